The van der Waals surface area contributed by atoms with Crippen molar-refractivity contribution in [3.8, 4) is 0 Å². The number of hydrogen-bond donors (Lipinski definition) is 1. The molecule has 0 saturated carbocycles. The molecule has 4 nitrogen and oxygen atoms in total. The van der Waals surface area contributed by atoms with Gasteiger partial charge in [0, 0.05) is 12.8 Å². The van der Waals surface area contributed by atoms with Crippen LogP contribution in [0.1, 0.15) is 62.3 Å². The van der Waals surface area contributed by atoms with Crippen LogP contribution in [0.4, 0.5) is 0 Å². The maximum atomic E-state index is 11.8. The predicted octanol–water partition coefficient (Wildman–Crippen LogP) is 3.60. The number of ether oxygens (including phenoxy) is 1. The van der Waals surface area contributed by atoms with Gasteiger partial charge in [0.05, 0.1) is 6.54 Å². The van der Waals surface area contributed by atoms with E-state index >= 15 is 0 Å². The molecule has 0 heterocycles. The second-order valence-corrected chi connectivity index (χ2v) is 5.63. The number of aryl methyl sites for hydroxylation is 2. The van der Waals surface area contributed by atoms with Crippen molar-refractivity contribution in [3.63, 3.8) is 0 Å². The van der Waals surface area contributed by atoms with Gasteiger partial charge in [-0.2, -0.15) is 0 Å². The summed E-state index contributed by atoms with van der Waals surface area (Å²) in [4.78, 5) is 23.5. The molecule has 1 aromatic carbocycles. The van der Waals surface area contributed by atoms with Crippen LogP contribution in [0.5, 0.6) is 0 Å². The minimum Gasteiger partial charge on any atom is -0.456 e. The number of esters is 1. The summed E-state index contributed by atoms with van der Waals surface area (Å²) in [6, 6.07) is 5.99. The number of carbonyl (C=O) groups is 2. The molecular weight excluding hydrogens is 278 g/mol. The van der Waals surface area contributed by atoms with Gasteiger partial charge in [0.25, 0.3) is 0 Å². The highest BCUT2D eigenvalue weighted by atomic mass is 16.5. The highest BCUT2D eigenvalue weighted by Gasteiger charge is 2.18. The summed E-state index contributed by atoms with van der Waals surface area (Å²) in [5.41, 5.74) is 3.26. The zero-order valence-electron chi connectivity index (χ0n) is 14.1. The number of rotatable bonds is 8. The van der Waals surface area contributed by atoms with E-state index in [9.17, 15) is 9.59 Å². The summed E-state index contributed by atoms with van der Waals surface area (Å²) in [6.45, 7) is 8.29. The maximum absolute atomic E-state index is 11.8. The van der Waals surface area contributed by atoms with Gasteiger partial charge < -0.3 is 10.1 Å². The SMILES string of the molecule is CCCC(=O)NC[C@@H](OC(=O)CCC)c1ccc(C)c(C)c1. The van der Waals surface area contributed by atoms with Crippen LogP contribution in [0.15, 0.2) is 18.2 Å². The van der Waals surface area contributed by atoms with E-state index in [1.54, 1.807) is 0 Å². The second kappa shape index (κ2) is 9.23. The monoisotopic (exact) mass is 305 g/mol. The molecule has 0 fully saturated rings. The van der Waals surface area contributed by atoms with Crippen LogP contribution in [-0.4, -0.2) is 18.4 Å². The lowest BCUT2D eigenvalue weighted by Crippen LogP contribution is -2.30. The van der Waals surface area contributed by atoms with Gasteiger partial charge in [-0.1, -0.05) is 32.0 Å². The Morgan fingerprint density at radius 3 is 2.36 bits per heavy atom. The summed E-state index contributed by atoms with van der Waals surface area (Å²) >= 11 is 0. The smallest absolute Gasteiger partial charge is 0.306 e. The van der Waals surface area contributed by atoms with Crippen LogP contribution in [-0.2, 0) is 14.3 Å². The molecule has 0 aliphatic rings. The molecule has 0 radical (unpaired) electrons. The van der Waals surface area contributed by atoms with E-state index in [4.69, 9.17) is 4.74 Å². The number of hydrogen-bond acceptors (Lipinski definition) is 3. The van der Waals surface area contributed by atoms with Crippen LogP contribution in [0.2, 0.25) is 0 Å². The zero-order valence-corrected chi connectivity index (χ0v) is 14.1. The lowest BCUT2D eigenvalue weighted by Gasteiger charge is -2.20. The third-order valence-corrected chi connectivity index (χ3v) is 3.59. The Hall–Kier alpha value is -1.84. The van der Waals surface area contributed by atoms with Crippen LogP contribution in [0.3, 0.4) is 0 Å². The first-order valence-corrected chi connectivity index (χ1v) is 8.01. The zero-order chi connectivity index (χ0) is 16.5. The summed E-state index contributed by atoms with van der Waals surface area (Å²) in [6.07, 6.45) is 2.00. The molecule has 0 saturated heterocycles. The van der Waals surface area contributed by atoms with Crippen molar-refractivity contribution in [1.82, 2.24) is 5.32 Å². The third-order valence-electron chi connectivity index (χ3n) is 3.59. The molecule has 0 aliphatic carbocycles. The Balaban J connectivity index is 2.82. The molecule has 0 aromatic heterocycles. The first-order chi connectivity index (χ1) is 10.5. The number of benzene rings is 1. The fourth-order valence-electron chi connectivity index (χ4n) is 2.14. The van der Waals surface area contributed by atoms with Gasteiger partial charge in [-0.3, -0.25) is 9.59 Å². The molecule has 1 N–H and O–H groups in total. The third kappa shape index (κ3) is 5.88. The number of carbonyl (C=O) groups excluding carboxylic acids is 2. The van der Waals surface area contributed by atoms with Crippen LogP contribution in [0.25, 0.3) is 0 Å². The van der Waals surface area contributed by atoms with Crippen molar-refractivity contribution in [1.29, 1.82) is 0 Å². The molecule has 1 atom stereocenters. The maximum Gasteiger partial charge on any atom is 0.306 e. The van der Waals surface area contributed by atoms with Gasteiger partial charge in [0.1, 0.15) is 6.10 Å². The van der Waals surface area contributed by atoms with Crippen LogP contribution < -0.4 is 5.32 Å². The van der Waals surface area contributed by atoms with E-state index in [2.05, 4.69) is 5.32 Å². The molecule has 0 bridgehead atoms. The van der Waals surface area contributed by atoms with Crippen LogP contribution >= 0.6 is 0 Å². The Bertz CT molecular complexity index is 511. The molecule has 4 heteroatoms. The van der Waals surface area contributed by atoms with Crippen molar-refractivity contribution in [2.75, 3.05) is 6.54 Å². The van der Waals surface area contributed by atoms with Gasteiger partial charge in [-0.15, -0.1) is 0 Å². The summed E-state index contributed by atoms with van der Waals surface area (Å²) in [5.74, 6) is -0.238. The van der Waals surface area contributed by atoms with Crippen molar-refractivity contribution in [2.45, 2.75) is 59.5 Å². The highest BCUT2D eigenvalue weighted by molar-refractivity contribution is 5.76. The lowest BCUT2D eigenvalue weighted by atomic mass is 10.0. The molecule has 22 heavy (non-hydrogen) atoms. The van der Waals surface area contributed by atoms with E-state index < -0.39 is 6.10 Å². The van der Waals surface area contributed by atoms with Gasteiger partial charge in [0.15, 0.2) is 0 Å². The largest absolute Gasteiger partial charge is 0.456 e. The van der Waals surface area contributed by atoms with Gasteiger partial charge >= 0.3 is 5.97 Å². The average Bonchev–Trinajstić information content (AvgIpc) is 2.47. The normalized spacial score (nSPS) is 11.8. The fourth-order valence-corrected chi connectivity index (χ4v) is 2.14. The van der Waals surface area contributed by atoms with Crippen molar-refractivity contribution in [3.05, 3.63) is 34.9 Å². The Morgan fingerprint density at radius 2 is 1.77 bits per heavy atom. The first-order valence-electron chi connectivity index (χ1n) is 8.01. The minimum absolute atomic E-state index is 0.0112. The van der Waals surface area contributed by atoms with E-state index in [1.807, 2.05) is 45.9 Å². The fraction of sp³-hybridized carbons (Fsp3) is 0.556. The molecule has 1 rings (SSSR count). The summed E-state index contributed by atoms with van der Waals surface area (Å²) < 4.78 is 5.55. The summed E-state index contributed by atoms with van der Waals surface area (Å²) in [7, 11) is 0. The topological polar surface area (TPSA) is 55.4 Å². The number of amides is 1. The van der Waals surface area contributed by atoms with E-state index in [1.165, 1.54) is 5.56 Å². The van der Waals surface area contributed by atoms with E-state index in [0.717, 1.165) is 24.0 Å². The molecule has 1 amide bonds. The molecular formula is C18H27NO3. The quantitative estimate of drug-likeness (QED) is 0.747. The van der Waals surface area contributed by atoms with E-state index in [0.29, 0.717) is 19.4 Å². The Labute approximate surface area is 133 Å². The van der Waals surface area contributed by atoms with E-state index in [-0.39, 0.29) is 11.9 Å². The standard InChI is InChI=1S/C18H27NO3/c1-5-7-17(20)19-12-16(22-18(21)8-6-2)15-10-9-13(3)14(4)11-15/h9-11,16H,5-8,12H2,1-4H3,(H,19,20)/t16-/m1/s1. The van der Waals surface area contributed by atoms with Crippen LogP contribution in [0, 0.1) is 13.8 Å². The highest BCUT2D eigenvalue weighted by Crippen LogP contribution is 2.21. The predicted molar refractivity (Wildman–Crippen MR) is 87.6 cm³/mol. The van der Waals surface area contributed by atoms with Gasteiger partial charge in [-0.05, 0) is 43.4 Å². The average molecular weight is 305 g/mol. The summed E-state index contributed by atoms with van der Waals surface area (Å²) in [5, 5.41) is 2.85. The van der Waals surface area contributed by atoms with Gasteiger partial charge in [-0.25, -0.2) is 0 Å². The first kappa shape index (κ1) is 18.2. The molecule has 1 aromatic rings. The Kier molecular flexibility index (Phi) is 7.64. The van der Waals surface area contributed by atoms with Crippen molar-refractivity contribution in [2.24, 2.45) is 0 Å². The lowest BCUT2D eigenvalue weighted by molar-refractivity contribution is -0.150. The molecule has 0 unspecified atom stereocenters. The molecule has 0 aliphatic heterocycles. The Morgan fingerprint density at radius 1 is 1.09 bits per heavy atom. The minimum atomic E-state index is -0.431. The van der Waals surface area contributed by atoms with Gasteiger partial charge in [0.2, 0.25) is 5.91 Å². The molecule has 122 valence electrons. The molecule has 0 spiro atoms. The van der Waals surface area contributed by atoms with Crippen molar-refractivity contribution < 1.29 is 14.3 Å². The second-order valence-electron chi connectivity index (χ2n) is 5.63. The van der Waals surface area contributed by atoms with Crippen molar-refractivity contribution >= 4 is 11.9 Å². The number of nitrogens with one attached hydrogen (secondary N) is 1.